The van der Waals surface area contributed by atoms with E-state index in [9.17, 15) is 4.79 Å². The average molecular weight is 353 g/mol. The van der Waals surface area contributed by atoms with Gasteiger partial charge in [0.15, 0.2) is 0 Å². The van der Waals surface area contributed by atoms with E-state index in [0.717, 1.165) is 16.5 Å². The van der Waals surface area contributed by atoms with E-state index >= 15 is 0 Å². The highest BCUT2D eigenvalue weighted by molar-refractivity contribution is 5.78. The highest BCUT2D eigenvalue weighted by atomic mass is 16.1. The summed E-state index contributed by atoms with van der Waals surface area (Å²) in [4.78, 5) is 18.7. The van der Waals surface area contributed by atoms with Crippen LogP contribution in [-0.4, -0.2) is 22.0 Å². The molecule has 1 atom stereocenters. The van der Waals surface area contributed by atoms with Gasteiger partial charge in [-0.25, -0.2) is 0 Å². The Kier molecular flexibility index (Phi) is 5.44. The monoisotopic (exact) mass is 352 g/mol. The van der Waals surface area contributed by atoms with E-state index in [1.165, 1.54) is 64.2 Å². The van der Waals surface area contributed by atoms with Crippen molar-refractivity contribution in [2.45, 2.75) is 89.3 Å². The summed E-state index contributed by atoms with van der Waals surface area (Å²) in [7, 11) is 0. The first kappa shape index (κ1) is 17.8. The van der Waals surface area contributed by atoms with Crippen LogP contribution in [0.25, 0.3) is 10.9 Å². The molecule has 3 nitrogen and oxygen atoms in total. The quantitative estimate of drug-likeness (QED) is 0.782. The topological polar surface area (TPSA) is 36.1 Å². The minimum atomic E-state index is 0.0906. The number of aromatic nitrogens is 1. The van der Waals surface area contributed by atoms with Crippen LogP contribution in [0, 0.1) is 0 Å². The van der Waals surface area contributed by atoms with Crippen molar-refractivity contribution in [2.24, 2.45) is 0 Å². The van der Waals surface area contributed by atoms with E-state index in [0.29, 0.717) is 12.1 Å². The Bertz CT molecular complexity index is 766. The van der Waals surface area contributed by atoms with Crippen LogP contribution in [0.5, 0.6) is 0 Å². The van der Waals surface area contributed by atoms with Crippen molar-refractivity contribution in [3.05, 3.63) is 46.2 Å². The van der Waals surface area contributed by atoms with Gasteiger partial charge in [-0.2, -0.15) is 0 Å². The molecule has 4 rings (SSSR count). The molecule has 2 aliphatic rings. The van der Waals surface area contributed by atoms with E-state index < -0.39 is 0 Å². The Hall–Kier alpha value is -1.61. The number of H-pyrrole nitrogens is 1. The molecule has 2 aliphatic carbocycles. The predicted octanol–water partition coefficient (Wildman–Crippen LogP) is 5.56. The Balaban J connectivity index is 1.69. The van der Waals surface area contributed by atoms with Gasteiger partial charge in [0, 0.05) is 29.2 Å². The molecule has 0 amide bonds. The maximum atomic E-state index is 12.9. The van der Waals surface area contributed by atoms with Gasteiger partial charge in [-0.15, -0.1) is 0 Å². The van der Waals surface area contributed by atoms with Gasteiger partial charge in [0.2, 0.25) is 0 Å². The number of rotatable bonds is 4. The molecular weight excluding hydrogens is 320 g/mol. The fourth-order valence-electron chi connectivity index (χ4n) is 5.32. The number of nitrogens with one attached hydrogen (secondary N) is 1. The van der Waals surface area contributed by atoms with Gasteiger partial charge in [0.1, 0.15) is 0 Å². The first-order chi connectivity index (χ1) is 12.7. The number of nitrogens with zero attached hydrogens (tertiary/aromatic N) is 1. The Morgan fingerprint density at radius 3 is 2.12 bits per heavy atom. The zero-order chi connectivity index (χ0) is 17.9. The third kappa shape index (κ3) is 3.59. The van der Waals surface area contributed by atoms with Gasteiger partial charge in [-0.05, 0) is 50.1 Å². The molecule has 0 spiro atoms. The summed E-state index contributed by atoms with van der Waals surface area (Å²) in [6.07, 6.45) is 13.3. The highest BCUT2D eigenvalue weighted by Crippen LogP contribution is 2.36. The van der Waals surface area contributed by atoms with Crippen LogP contribution in [0.3, 0.4) is 0 Å². The molecule has 2 aromatic rings. The molecule has 1 N–H and O–H groups in total. The average Bonchev–Trinajstić information content (AvgIpc) is 2.69. The third-order valence-electron chi connectivity index (χ3n) is 6.67. The lowest BCUT2D eigenvalue weighted by molar-refractivity contribution is 0.0432. The summed E-state index contributed by atoms with van der Waals surface area (Å²) in [6, 6.07) is 11.7. The molecule has 3 heteroatoms. The summed E-state index contributed by atoms with van der Waals surface area (Å²) >= 11 is 0. The maximum absolute atomic E-state index is 12.9. The third-order valence-corrected chi connectivity index (χ3v) is 6.67. The van der Waals surface area contributed by atoms with Crippen LogP contribution in [0.15, 0.2) is 35.1 Å². The van der Waals surface area contributed by atoms with Crippen LogP contribution in [0.1, 0.15) is 82.7 Å². The molecule has 1 aromatic carbocycles. The number of benzene rings is 1. The first-order valence-corrected chi connectivity index (χ1v) is 10.6. The number of para-hydroxylation sites is 1. The smallest absolute Gasteiger partial charge is 0.253 e. The standard InChI is InChI=1S/C23H32N2O/c1-17(21-16-18-10-8-9-15-22(18)24-23(21)26)25(19-11-4-2-5-12-19)20-13-6-3-7-14-20/h8-10,15-17,19-20H,2-7,11-14H2,1H3,(H,24,26). The molecule has 1 aromatic heterocycles. The van der Waals surface area contributed by atoms with Crippen LogP contribution >= 0.6 is 0 Å². The lowest BCUT2D eigenvalue weighted by Gasteiger charge is -2.45. The van der Waals surface area contributed by atoms with Crippen LogP contribution in [-0.2, 0) is 0 Å². The Labute approximate surface area is 156 Å². The molecule has 26 heavy (non-hydrogen) atoms. The van der Waals surface area contributed by atoms with Crippen LogP contribution in [0.4, 0.5) is 0 Å². The molecule has 0 radical (unpaired) electrons. The zero-order valence-electron chi connectivity index (χ0n) is 16.0. The van der Waals surface area contributed by atoms with E-state index in [4.69, 9.17) is 0 Å². The predicted molar refractivity (Wildman–Crippen MR) is 109 cm³/mol. The Morgan fingerprint density at radius 2 is 1.50 bits per heavy atom. The molecule has 1 heterocycles. The lowest BCUT2D eigenvalue weighted by Crippen LogP contribution is -2.47. The van der Waals surface area contributed by atoms with Crippen molar-refractivity contribution >= 4 is 10.9 Å². The van der Waals surface area contributed by atoms with Crippen LogP contribution in [0.2, 0.25) is 0 Å². The largest absolute Gasteiger partial charge is 0.322 e. The minimum Gasteiger partial charge on any atom is -0.322 e. The van der Waals surface area contributed by atoms with Crippen molar-refractivity contribution in [2.75, 3.05) is 0 Å². The molecule has 0 bridgehead atoms. The Morgan fingerprint density at radius 1 is 0.923 bits per heavy atom. The van der Waals surface area contributed by atoms with Gasteiger partial charge in [-0.3, -0.25) is 9.69 Å². The first-order valence-electron chi connectivity index (χ1n) is 10.6. The normalized spacial score (nSPS) is 21.3. The van der Waals surface area contributed by atoms with Gasteiger partial charge < -0.3 is 4.98 Å². The molecule has 2 saturated carbocycles. The van der Waals surface area contributed by atoms with Gasteiger partial charge in [-0.1, -0.05) is 56.7 Å². The SMILES string of the molecule is CC(c1cc2ccccc2[nH]c1=O)N(C1CCCCC1)C1CCCCC1. The van der Waals surface area contributed by atoms with E-state index in [1.807, 2.05) is 12.1 Å². The van der Waals surface area contributed by atoms with Crippen molar-refractivity contribution in [3.63, 3.8) is 0 Å². The number of hydrogen-bond donors (Lipinski definition) is 1. The highest BCUT2D eigenvalue weighted by Gasteiger charge is 2.33. The zero-order valence-corrected chi connectivity index (χ0v) is 16.0. The number of aromatic amines is 1. The van der Waals surface area contributed by atoms with E-state index in [-0.39, 0.29) is 11.6 Å². The van der Waals surface area contributed by atoms with Gasteiger partial charge in [0.05, 0.1) is 0 Å². The van der Waals surface area contributed by atoms with E-state index in [2.05, 4.69) is 35.0 Å². The number of fused-ring (bicyclic) bond motifs is 1. The fraction of sp³-hybridized carbons (Fsp3) is 0.609. The summed E-state index contributed by atoms with van der Waals surface area (Å²) < 4.78 is 0. The van der Waals surface area contributed by atoms with Crippen molar-refractivity contribution in [1.82, 2.24) is 9.88 Å². The summed E-state index contributed by atoms with van der Waals surface area (Å²) in [5, 5.41) is 1.14. The molecule has 2 fully saturated rings. The second kappa shape index (κ2) is 7.96. The molecular formula is C23H32N2O. The summed E-state index contributed by atoms with van der Waals surface area (Å²) in [6.45, 7) is 2.27. The van der Waals surface area contributed by atoms with E-state index in [1.54, 1.807) is 0 Å². The number of pyridine rings is 1. The van der Waals surface area contributed by atoms with Gasteiger partial charge in [0.25, 0.3) is 5.56 Å². The van der Waals surface area contributed by atoms with Crippen molar-refractivity contribution < 1.29 is 0 Å². The fourth-order valence-corrected chi connectivity index (χ4v) is 5.32. The van der Waals surface area contributed by atoms with Crippen molar-refractivity contribution in [3.8, 4) is 0 Å². The minimum absolute atomic E-state index is 0.0906. The number of hydrogen-bond acceptors (Lipinski definition) is 2. The lowest BCUT2D eigenvalue weighted by atomic mass is 9.86. The maximum Gasteiger partial charge on any atom is 0.253 e. The molecule has 1 unspecified atom stereocenters. The molecule has 0 saturated heterocycles. The van der Waals surface area contributed by atoms with Crippen LogP contribution < -0.4 is 5.56 Å². The molecule has 0 aliphatic heterocycles. The van der Waals surface area contributed by atoms with Crippen molar-refractivity contribution in [1.29, 1.82) is 0 Å². The second-order valence-electron chi connectivity index (χ2n) is 8.35. The molecule has 140 valence electrons. The second-order valence-corrected chi connectivity index (χ2v) is 8.35. The van der Waals surface area contributed by atoms with Gasteiger partial charge >= 0.3 is 0 Å². The summed E-state index contributed by atoms with van der Waals surface area (Å²) in [5.41, 5.74) is 1.97. The summed E-state index contributed by atoms with van der Waals surface area (Å²) in [5.74, 6) is 0.